The third-order valence-electron chi connectivity index (χ3n) is 3.25. The van der Waals surface area contributed by atoms with E-state index in [0.717, 1.165) is 0 Å². The third kappa shape index (κ3) is 2.30. The Labute approximate surface area is 124 Å². The molecule has 1 aromatic heterocycles. The smallest absolute Gasteiger partial charge is 0.337 e. The van der Waals surface area contributed by atoms with Crippen molar-refractivity contribution >= 4 is 28.5 Å². The predicted octanol–water partition coefficient (Wildman–Crippen LogP) is 3.55. The van der Waals surface area contributed by atoms with Crippen LogP contribution in [0.5, 0.6) is 0 Å². The number of aromatic amines is 1. The van der Waals surface area contributed by atoms with E-state index in [0.29, 0.717) is 21.5 Å². The maximum atomic E-state index is 12.3. The van der Waals surface area contributed by atoms with Crippen LogP contribution in [0, 0.1) is 0 Å². The molecule has 4 nitrogen and oxygen atoms in total. The lowest BCUT2D eigenvalue weighted by Crippen LogP contribution is -2.15. The normalized spacial score (nSPS) is 10.7. The molecule has 2 N–H and O–H groups in total. The van der Waals surface area contributed by atoms with E-state index < -0.39 is 11.5 Å². The lowest BCUT2D eigenvalue weighted by Gasteiger charge is -2.09. The minimum atomic E-state index is -1.15. The first-order chi connectivity index (χ1) is 10.1. The van der Waals surface area contributed by atoms with Crippen molar-refractivity contribution in [2.75, 3.05) is 0 Å². The summed E-state index contributed by atoms with van der Waals surface area (Å²) in [7, 11) is 0. The van der Waals surface area contributed by atoms with Crippen LogP contribution >= 0.6 is 11.6 Å². The fourth-order valence-corrected chi connectivity index (χ4v) is 2.55. The van der Waals surface area contributed by atoms with Gasteiger partial charge in [0.05, 0.1) is 16.6 Å². The fraction of sp³-hybridized carbons (Fsp3) is 0. The van der Waals surface area contributed by atoms with E-state index in [-0.39, 0.29) is 11.1 Å². The largest absolute Gasteiger partial charge is 0.478 e. The number of carbonyl (C=O) groups is 1. The van der Waals surface area contributed by atoms with Crippen LogP contribution in [0.1, 0.15) is 10.4 Å². The van der Waals surface area contributed by atoms with Gasteiger partial charge in [0.1, 0.15) is 0 Å². The topological polar surface area (TPSA) is 70.2 Å². The molecule has 3 aromatic rings. The Morgan fingerprint density at radius 3 is 2.48 bits per heavy atom. The van der Waals surface area contributed by atoms with Crippen molar-refractivity contribution in [1.29, 1.82) is 0 Å². The highest BCUT2D eigenvalue weighted by Crippen LogP contribution is 2.27. The number of hydrogen-bond donors (Lipinski definition) is 2. The van der Waals surface area contributed by atoms with Gasteiger partial charge in [-0.25, -0.2) is 4.79 Å². The summed E-state index contributed by atoms with van der Waals surface area (Å²) in [6, 6.07) is 13.5. The summed E-state index contributed by atoms with van der Waals surface area (Å²) in [6.07, 6.45) is 0. The van der Waals surface area contributed by atoms with Crippen molar-refractivity contribution in [2.45, 2.75) is 0 Å². The van der Waals surface area contributed by atoms with Crippen LogP contribution in [0.25, 0.3) is 22.0 Å². The quantitative estimate of drug-likeness (QED) is 0.760. The van der Waals surface area contributed by atoms with Crippen molar-refractivity contribution in [3.05, 3.63) is 69.5 Å². The van der Waals surface area contributed by atoms with Gasteiger partial charge in [-0.3, -0.25) is 4.79 Å². The molecule has 0 fully saturated rings. The monoisotopic (exact) mass is 299 g/mol. The molecule has 0 unspecified atom stereocenters. The molecule has 1 heterocycles. The molecule has 5 heteroatoms. The molecule has 0 saturated carbocycles. The molecule has 0 radical (unpaired) electrons. The van der Waals surface area contributed by atoms with E-state index in [1.807, 2.05) is 0 Å². The molecule has 0 aliphatic carbocycles. The van der Waals surface area contributed by atoms with Gasteiger partial charge in [0.15, 0.2) is 0 Å². The SMILES string of the molecule is O=C(O)c1c(-c2ccccc2)c(=O)[nH]c2cc(Cl)ccc12. The number of carboxylic acids is 1. The molecule has 0 spiro atoms. The summed E-state index contributed by atoms with van der Waals surface area (Å²) in [5.41, 5.74) is 0.653. The third-order valence-corrected chi connectivity index (χ3v) is 3.49. The van der Waals surface area contributed by atoms with Gasteiger partial charge in [-0.1, -0.05) is 48.0 Å². The predicted molar refractivity (Wildman–Crippen MR) is 82.0 cm³/mol. The molecule has 0 atom stereocenters. The Balaban J connectivity index is 2.48. The summed E-state index contributed by atoms with van der Waals surface area (Å²) in [4.78, 5) is 26.7. The van der Waals surface area contributed by atoms with Gasteiger partial charge < -0.3 is 10.1 Å². The number of aromatic carboxylic acids is 1. The van der Waals surface area contributed by atoms with Crippen molar-refractivity contribution in [3.8, 4) is 11.1 Å². The molecule has 3 rings (SSSR count). The zero-order chi connectivity index (χ0) is 15.0. The van der Waals surface area contributed by atoms with E-state index in [1.165, 1.54) is 0 Å². The highest BCUT2D eigenvalue weighted by molar-refractivity contribution is 6.31. The van der Waals surface area contributed by atoms with Gasteiger partial charge in [-0.15, -0.1) is 0 Å². The summed E-state index contributed by atoms with van der Waals surface area (Å²) in [6.45, 7) is 0. The van der Waals surface area contributed by atoms with E-state index in [1.54, 1.807) is 48.5 Å². The number of aromatic nitrogens is 1. The van der Waals surface area contributed by atoms with Crippen LogP contribution in [-0.2, 0) is 0 Å². The molecular formula is C16H10ClNO3. The lowest BCUT2D eigenvalue weighted by molar-refractivity contribution is 0.0699. The molecule has 2 aromatic carbocycles. The van der Waals surface area contributed by atoms with Gasteiger partial charge >= 0.3 is 5.97 Å². The maximum absolute atomic E-state index is 12.3. The summed E-state index contributed by atoms with van der Waals surface area (Å²) in [5, 5.41) is 10.4. The average molecular weight is 300 g/mol. The molecule has 0 aliphatic rings. The highest BCUT2D eigenvalue weighted by atomic mass is 35.5. The Hall–Kier alpha value is -2.59. The van der Waals surface area contributed by atoms with E-state index in [4.69, 9.17) is 11.6 Å². The first-order valence-corrected chi connectivity index (χ1v) is 6.60. The number of rotatable bonds is 2. The van der Waals surface area contributed by atoms with E-state index >= 15 is 0 Å². The summed E-state index contributed by atoms with van der Waals surface area (Å²) >= 11 is 5.89. The highest BCUT2D eigenvalue weighted by Gasteiger charge is 2.19. The van der Waals surface area contributed by atoms with Crippen LogP contribution in [0.3, 0.4) is 0 Å². The van der Waals surface area contributed by atoms with Crippen molar-refractivity contribution in [2.24, 2.45) is 0 Å². The van der Waals surface area contributed by atoms with Gasteiger partial charge in [-0.2, -0.15) is 0 Å². The van der Waals surface area contributed by atoms with Crippen LogP contribution in [0.2, 0.25) is 5.02 Å². The number of hydrogen-bond acceptors (Lipinski definition) is 2. The van der Waals surface area contributed by atoms with E-state index in [2.05, 4.69) is 4.98 Å². The standard InChI is InChI=1S/C16H10ClNO3/c17-10-6-7-11-12(8-10)18-15(19)13(14(11)16(20)21)9-4-2-1-3-5-9/h1-8H,(H,18,19)(H,20,21). The number of pyridine rings is 1. The van der Waals surface area contributed by atoms with Crippen molar-refractivity contribution < 1.29 is 9.90 Å². The number of fused-ring (bicyclic) bond motifs is 1. The zero-order valence-corrected chi connectivity index (χ0v) is 11.5. The Bertz CT molecular complexity index is 901. The van der Waals surface area contributed by atoms with Gasteiger partial charge in [-0.05, 0) is 17.7 Å². The van der Waals surface area contributed by atoms with Gasteiger partial charge in [0.2, 0.25) is 0 Å². The molecule has 0 saturated heterocycles. The maximum Gasteiger partial charge on any atom is 0.337 e. The lowest BCUT2D eigenvalue weighted by atomic mass is 9.97. The number of halogens is 1. The van der Waals surface area contributed by atoms with Crippen molar-refractivity contribution in [3.63, 3.8) is 0 Å². The second-order valence-corrected chi connectivity index (χ2v) is 5.00. The Kier molecular flexibility index (Phi) is 3.23. The van der Waals surface area contributed by atoms with Gasteiger partial charge in [0.25, 0.3) is 5.56 Å². The molecule has 0 aliphatic heterocycles. The minimum absolute atomic E-state index is 0.0170. The summed E-state index contributed by atoms with van der Waals surface area (Å²) in [5.74, 6) is -1.15. The molecule has 0 amide bonds. The zero-order valence-electron chi connectivity index (χ0n) is 10.8. The number of nitrogens with one attached hydrogen (secondary N) is 1. The summed E-state index contributed by atoms with van der Waals surface area (Å²) < 4.78 is 0. The van der Waals surface area contributed by atoms with Crippen LogP contribution in [0.15, 0.2) is 53.3 Å². The van der Waals surface area contributed by atoms with E-state index in [9.17, 15) is 14.7 Å². The molecule has 0 bridgehead atoms. The molecular weight excluding hydrogens is 290 g/mol. The average Bonchev–Trinajstić information content (AvgIpc) is 2.46. The first-order valence-electron chi connectivity index (χ1n) is 6.22. The second kappa shape index (κ2) is 5.07. The fourth-order valence-electron chi connectivity index (χ4n) is 2.37. The first kappa shape index (κ1) is 13.4. The van der Waals surface area contributed by atoms with Gasteiger partial charge in [0, 0.05) is 10.4 Å². The number of H-pyrrole nitrogens is 1. The molecule has 21 heavy (non-hydrogen) atoms. The Morgan fingerprint density at radius 2 is 1.81 bits per heavy atom. The number of benzene rings is 2. The van der Waals surface area contributed by atoms with Crippen molar-refractivity contribution in [1.82, 2.24) is 4.98 Å². The number of carboxylic acid groups (broad SMARTS) is 1. The Morgan fingerprint density at radius 1 is 1.10 bits per heavy atom. The molecule has 104 valence electrons. The second-order valence-electron chi connectivity index (χ2n) is 4.57. The van der Waals surface area contributed by atoms with Crippen LogP contribution in [-0.4, -0.2) is 16.1 Å². The van der Waals surface area contributed by atoms with Crippen LogP contribution in [0.4, 0.5) is 0 Å². The minimum Gasteiger partial charge on any atom is -0.478 e. The van der Waals surface area contributed by atoms with Crippen LogP contribution < -0.4 is 5.56 Å².